The standard InChI is InChI=1S/C41H35N5OS2/c1-48-38-20-19-37(49-38)39(47)29-21-23-45(24-22-29)40-35-25-30(17-18-36(35)42-28-43-40)31-26-44-46(27-31)41(32-11-5-2-6-12-32,33-13-7-3-8-14-33)34-15-9-4-10-16-34/h2-20,25-29H,21-24H2,1H3. The number of rotatable bonds is 9. The van der Waals surface area contributed by atoms with Gasteiger partial charge >= 0.3 is 0 Å². The van der Waals surface area contributed by atoms with Gasteiger partial charge in [-0.1, -0.05) is 97.1 Å². The molecule has 3 aromatic heterocycles. The second kappa shape index (κ2) is 13.5. The Labute approximate surface area is 294 Å². The molecule has 242 valence electrons. The number of ketones is 1. The maximum atomic E-state index is 13.3. The minimum Gasteiger partial charge on any atom is -0.356 e. The third-order valence-corrected chi connectivity index (χ3v) is 11.8. The first-order chi connectivity index (χ1) is 24.1. The Bertz CT molecular complexity index is 2110. The van der Waals surface area contributed by atoms with Gasteiger partial charge in [0.15, 0.2) is 5.78 Å². The summed E-state index contributed by atoms with van der Waals surface area (Å²) < 4.78 is 3.28. The highest BCUT2D eigenvalue weighted by atomic mass is 32.2. The van der Waals surface area contributed by atoms with E-state index in [1.54, 1.807) is 29.4 Å². The van der Waals surface area contributed by atoms with E-state index in [0.29, 0.717) is 0 Å². The Balaban J connectivity index is 1.15. The molecule has 1 saturated heterocycles. The zero-order valence-corrected chi connectivity index (χ0v) is 28.8. The van der Waals surface area contributed by atoms with Crippen molar-refractivity contribution in [2.45, 2.75) is 22.6 Å². The predicted molar refractivity (Wildman–Crippen MR) is 201 cm³/mol. The van der Waals surface area contributed by atoms with E-state index in [4.69, 9.17) is 10.1 Å². The molecule has 0 atom stereocenters. The second-order valence-corrected chi connectivity index (χ2v) is 14.5. The molecule has 0 bridgehead atoms. The average molecular weight is 678 g/mol. The third kappa shape index (κ3) is 5.75. The molecule has 49 heavy (non-hydrogen) atoms. The van der Waals surface area contributed by atoms with E-state index in [2.05, 4.69) is 142 Å². The van der Waals surface area contributed by atoms with E-state index in [1.165, 1.54) is 4.21 Å². The molecule has 1 fully saturated rings. The fourth-order valence-electron chi connectivity index (χ4n) is 7.18. The predicted octanol–water partition coefficient (Wildman–Crippen LogP) is 9.22. The van der Waals surface area contributed by atoms with Crippen molar-refractivity contribution in [3.63, 3.8) is 0 Å². The largest absolute Gasteiger partial charge is 0.356 e. The lowest BCUT2D eigenvalue weighted by Crippen LogP contribution is -2.38. The summed E-state index contributed by atoms with van der Waals surface area (Å²) in [6, 6.07) is 42.2. The minimum absolute atomic E-state index is 0.0400. The number of nitrogens with zero attached hydrogens (tertiary/aromatic N) is 5. The Morgan fingerprint density at radius 3 is 2.00 bits per heavy atom. The van der Waals surface area contributed by atoms with Crippen LogP contribution in [0, 0.1) is 5.92 Å². The summed E-state index contributed by atoms with van der Waals surface area (Å²) in [6.45, 7) is 1.55. The molecule has 0 aliphatic carbocycles. The lowest BCUT2D eigenvalue weighted by atomic mass is 9.77. The quantitative estimate of drug-likeness (QED) is 0.0863. The Morgan fingerprint density at radius 1 is 0.776 bits per heavy atom. The summed E-state index contributed by atoms with van der Waals surface area (Å²) in [5.41, 5.74) is 5.65. The molecule has 1 aliphatic heterocycles. The lowest BCUT2D eigenvalue weighted by Gasteiger charge is -2.36. The van der Waals surface area contributed by atoms with E-state index < -0.39 is 5.54 Å². The lowest BCUT2D eigenvalue weighted by molar-refractivity contribution is 0.0904. The van der Waals surface area contributed by atoms with Crippen molar-refractivity contribution in [3.8, 4) is 11.1 Å². The normalized spacial score (nSPS) is 13.9. The second-order valence-electron chi connectivity index (χ2n) is 12.4. The number of benzene rings is 4. The van der Waals surface area contributed by atoms with Gasteiger partial charge in [-0.05, 0) is 65.6 Å². The highest BCUT2D eigenvalue weighted by Gasteiger charge is 2.39. The number of piperidine rings is 1. The molecule has 7 aromatic rings. The number of carbonyl (C=O) groups excluding carboxylic acids is 1. The molecular formula is C41H35N5OS2. The first-order valence-electron chi connectivity index (χ1n) is 16.5. The van der Waals surface area contributed by atoms with Gasteiger partial charge in [0, 0.05) is 36.2 Å². The topological polar surface area (TPSA) is 63.9 Å². The molecule has 6 nitrogen and oxygen atoms in total. The van der Waals surface area contributed by atoms with Crippen LogP contribution in [0.3, 0.4) is 0 Å². The number of Topliss-reactive ketones (excluding diaryl/α,β-unsaturated/α-hetero) is 1. The van der Waals surface area contributed by atoms with Gasteiger partial charge in [0.2, 0.25) is 0 Å². The van der Waals surface area contributed by atoms with Crippen LogP contribution in [0.25, 0.3) is 22.0 Å². The van der Waals surface area contributed by atoms with Crippen molar-refractivity contribution in [2.24, 2.45) is 5.92 Å². The number of carbonyl (C=O) groups is 1. The fraction of sp³-hybridized carbons (Fsp3) is 0.171. The van der Waals surface area contributed by atoms with E-state index in [-0.39, 0.29) is 11.7 Å². The van der Waals surface area contributed by atoms with E-state index in [9.17, 15) is 4.79 Å². The maximum Gasteiger partial charge on any atom is 0.176 e. The van der Waals surface area contributed by atoms with Crippen molar-refractivity contribution in [2.75, 3.05) is 24.2 Å². The summed E-state index contributed by atoms with van der Waals surface area (Å²) in [6.07, 6.45) is 9.43. The molecule has 0 amide bonds. The SMILES string of the molecule is CSc1ccc(C(=O)C2CCN(c3ncnc4ccc(-c5cnn(C(c6ccccc6)(c6ccccc6)c6ccccc6)c5)cc34)CC2)s1. The zero-order valence-electron chi connectivity index (χ0n) is 27.1. The highest BCUT2D eigenvalue weighted by Crippen LogP contribution is 2.41. The molecule has 0 unspecified atom stereocenters. The summed E-state index contributed by atoms with van der Waals surface area (Å²) in [5.74, 6) is 1.23. The fourth-order valence-corrected chi connectivity index (χ4v) is 8.74. The Morgan fingerprint density at radius 2 is 1.41 bits per heavy atom. The monoisotopic (exact) mass is 677 g/mol. The average Bonchev–Trinajstić information content (AvgIpc) is 3.87. The first-order valence-corrected chi connectivity index (χ1v) is 18.6. The molecular weight excluding hydrogens is 643 g/mol. The Hall–Kier alpha value is -5.05. The van der Waals surface area contributed by atoms with Gasteiger partial charge in [-0.2, -0.15) is 5.10 Å². The summed E-state index contributed by atoms with van der Waals surface area (Å²) in [4.78, 5) is 25.9. The Kier molecular flexibility index (Phi) is 8.58. The van der Waals surface area contributed by atoms with E-state index in [0.717, 1.165) is 75.3 Å². The van der Waals surface area contributed by atoms with Gasteiger partial charge in [-0.15, -0.1) is 23.1 Å². The number of anilines is 1. The van der Waals surface area contributed by atoms with Crippen LogP contribution in [0.4, 0.5) is 5.82 Å². The number of fused-ring (bicyclic) bond motifs is 1. The van der Waals surface area contributed by atoms with Crippen molar-refractivity contribution in [3.05, 3.63) is 162 Å². The van der Waals surface area contributed by atoms with Crippen LogP contribution in [0.1, 0.15) is 39.2 Å². The number of hydrogen-bond donors (Lipinski definition) is 0. The molecule has 4 aromatic carbocycles. The molecule has 8 rings (SSSR count). The van der Waals surface area contributed by atoms with Crippen LogP contribution in [-0.4, -0.2) is 44.9 Å². The van der Waals surface area contributed by atoms with Crippen molar-refractivity contribution in [1.82, 2.24) is 19.7 Å². The molecule has 1 aliphatic rings. The van der Waals surface area contributed by atoms with Crippen LogP contribution in [0.15, 0.2) is 144 Å². The van der Waals surface area contributed by atoms with Gasteiger partial charge in [0.05, 0.1) is 20.8 Å². The maximum absolute atomic E-state index is 13.3. The summed E-state index contributed by atoms with van der Waals surface area (Å²) in [5, 5.41) is 6.09. The van der Waals surface area contributed by atoms with Crippen LogP contribution in [-0.2, 0) is 5.54 Å². The summed E-state index contributed by atoms with van der Waals surface area (Å²) in [7, 11) is 0. The molecule has 0 spiro atoms. The number of hydrogen-bond acceptors (Lipinski definition) is 7. The minimum atomic E-state index is -0.686. The first kappa shape index (κ1) is 31.2. The van der Waals surface area contributed by atoms with Crippen molar-refractivity contribution < 1.29 is 4.79 Å². The molecule has 4 heterocycles. The van der Waals surface area contributed by atoms with Crippen LogP contribution < -0.4 is 4.90 Å². The summed E-state index contributed by atoms with van der Waals surface area (Å²) >= 11 is 3.29. The number of aromatic nitrogens is 4. The van der Waals surface area contributed by atoms with Crippen LogP contribution in [0.5, 0.6) is 0 Å². The van der Waals surface area contributed by atoms with Crippen LogP contribution >= 0.6 is 23.1 Å². The van der Waals surface area contributed by atoms with Gasteiger partial charge in [-0.3, -0.25) is 9.48 Å². The molecule has 0 radical (unpaired) electrons. The van der Waals surface area contributed by atoms with E-state index in [1.807, 2.05) is 12.3 Å². The van der Waals surface area contributed by atoms with E-state index >= 15 is 0 Å². The van der Waals surface area contributed by atoms with Gasteiger partial charge in [0.1, 0.15) is 17.7 Å². The smallest absolute Gasteiger partial charge is 0.176 e. The molecule has 0 saturated carbocycles. The van der Waals surface area contributed by atoms with Crippen molar-refractivity contribution in [1.29, 1.82) is 0 Å². The van der Waals surface area contributed by atoms with Gasteiger partial charge in [0.25, 0.3) is 0 Å². The highest BCUT2D eigenvalue weighted by molar-refractivity contribution is 8.00. The van der Waals surface area contributed by atoms with Gasteiger partial charge in [-0.25, -0.2) is 9.97 Å². The van der Waals surface area contributed by atoms with Gasteiger partial charge < -0.3 is 4.90 Å². The van der Waals surface area contributed by atoms with Crippen LogP contribution in [0.2, 0.25) is 0 Å². The number of thioether (sulfide) groups is 1. The molecule has 0 N–H and O–H groups in total. The zero-order chi connectivity index (χ0) is 33.2. The third-order valence-electron chi connectivity index (χ3n) is 9.64. The number of thiophene rings is 1. The molecule has 8 heteroatoms. The van der Waals surface area contributed by atoms with Crippen molar-refractivity contribution >= 4 is 45.6 Å².